The van der Waals surface area contributed by atoms with Crippen molar-refractivity contribution in [3.05, 3.63) is 33.8 Å². The van der Waals surface area contributed by atoms with Gasteiger partial charge in [-0.25, -0.2) is 0 Å². The molecule has 25 heavy (non-hydrogen) atoms. The van der Waals surface area contributed by atoms with Gasteiger partial charge in [0.25, 0.3) is 0 Å². The Kier molecular flexibility index (Phi) is 7.83. The predicted molar refractivity (Wildman–Crippen MR) is 116 cm³/mol. The Morgan fingerprint density at radius 3 is 2.20 bits per heavy atom. The van der Waals surface area contributed by atoms with E-state index in [4.69, 9.17) is 4.43 Å². The summed E-state index contributed by atoms with van der Waals surface area (Å²) in [7, 11) is -1.87. The first-order valence-corrected chi connectivity index (χ1v) is 13.6. The summed E-state index contributed by atoms with van der Waals surface area (Å²) in [5.41, 5.74) is 2.30. The van der Waals surface area contributed by atoms with E-state index in [1.807, 2.05) is 26.8 Å². The van der Waals surface area contributed by atoms with Gasteiger partial charge in [0, 0.05) is 15.8 Å². The van der Waals surface area contributed by atoms with Crippen LogP contribution in [0.1, 0.15) is 58.7 Å². The molecule has 0 radical (unpaired) electrons. The number of nitrogens with one attached hydrogen (secondary N) is 1. The van der Waals surface area contributed by atoms with Gasteiger partial charge >= 0.3 is 0 Å². The summed E-state index contributed by atoms with van der Waals surface area (Å²) in [5.74, 6) is 0. The molecular weight excluding hydrogens is 414 g/mol. The molecule has 0 aliphatic rings. The molecule has 144 valence electrons. The van der Waals surface area contributed by atoms with Gasteiger partial charge in [-0.15, -0.1) is 4.72 Å². The molecular formula is C19H34BrNO2SSi. The van der Waals surface area contributed by atoms with E-state index >= 15 is 0 Å². The molecule has 1 aromatic rings. The molecule has 2 atom stereocenters. The zero-order chi connectivity index (χ0) is 19.6. The van der Waals surface area contributed by atoms with Crippen molar-refractivity contribution in [3.63, 3.8) is 0 Å². The van der Waals surface area contributed by atoms with Gasteiger partial charge in [0.2, 0.25) is 0 Å². The Labute approximate surface area is 166 Å². The Bertz CT molecular complexity index is 582. The van der Waals surface area contributed by atoms with Crippen LogP contribution in [-0.2, 0) is 15.8 Å². The minimum atomic E-state index is -1.87. The zero-order valence-electron chi connectivity index (χ0n) is 17.1. The summed E-state index contributed by atoms with van der Waals surface area (Å²) in [6.45, 7) is 19.8. The molecule has 0 aromatic heterocycles. The first-order chi connectivity index (χ1) is 11.1. The van der Waals surface area contributed by atoms with Crippen molar-refractivity contribution in [2.45, 2.75) is 77.4 Å². The normalized spacial score (nSPS) is 16.0. The molecule has 1 rings (SSSR count). The van der Waals surface area contributed by atoms with Crippen LogP contribution < -0.4 is 4.72 Å². The summed E-state index contributed by atoms with van der Waals surface area (Å²) < 4.78 is 23.2. The molecule has 3 nitrogen and oxygen atoms in total. The number of hydrogen-bond donors (Lipinski definition) is 1. The smallest absolute Gasteiger partial charge is 0.192 e. The highest BCUT2D eigenvalue weighted by molar-refractivity contribution is 9.10. The average Bonchev–Trinajstić information content (AvgIpc) is 2.41. The molecule has 0 bridgehead atoms. The van der Waals surface area contributed by atoms with Gasteiger partial charge in [0.1, 0.15) is 4.75 Å². The third-order valence-corrected chi connectivity index (χ3v) is 11.4. The van der Waals surface area contributed by atoms with Crippen molar-refractivity contribution in [1.29, 1.82) is 0 Å². The summed E-state index contributed by atoms with van der Waals surface area (Å²) >= 11 is 2.36. The third kappa shape index (κ3) is 6.67. The van der Waals surface area contributed by atoms with Gasteiger partial charge in [-0.3, -0.25) is 0 Å². The fraction of sp³-hybridized carbons (Fsp3) is 0.684. The SMILES string of the molecule is Cc1cc(Br)ccc1[C@@H](CO[Si](C)(C)C(C)(C)C)N[S@@+]([O-])C(C)(C)C. The molecule has 1 N–H and O–H groups in total. The van der Waals surface area contributed by atoms with E-state index in [0.717, 1.165) is 15.6 Å². The van der Waals surface area contributed by atoms with Gasteiger partial charge in [-0.2, -0.15) is 0 Å². The van der Waals surface area contributed by atoms with Crippen molar-refractivity contribution in [1.82, 2.24) is 4.72 Å². The van der Waals surface area contributed by atoms with E-state index in [1.165, 1.54) is 0 Å². The molecule has 1 aromatic carbocycles. The molecule has 0 saturated carbocycles. The Morgan fingerprint density at radius 2 is 1.76 bits per heavy atom. The Hall–Kier alpha value is 0.147. The van der Waals surface area contributed by atoms with Crippen molar-refractivity contribution in [2.75, 3.05) is 6.61 Å². The van der Waals surface area contributed by atoms with Gasteiger partial charge in [-0.1, -0.05) is 42.8 Å². The van der Waals surface area contributed by atoms with E-state index in [9.17, 15) is 4.55 Å². The molecule has 0 unspecified atom stereocenters. The molecule has 6 heteroatoms. The van der Waals surface area contributed by atoms with Crippen LogP contribution in [0.25, 0.3) is 0 Å². The topological polar surface area (TPSA) is 44.3 Å². The standard InChI is InChI=1S/C19H34BrNO2SSi/c1-14-12-15(20)10-11-16(14)17(21-24(22)18(2,3)4)13-23-25(8,9)19(5,6)7/h10-12,17,21H,13H2,1-9H3/t17-,24+/m1/s1. The maximum atomic E-state index is 12.7. The fourth-order valence-corrected chi connectivity index (χ4v) is 4.33. The van der Waals surface area contributed by atoms with E-state index in [0.29, 0.717) is 6.61 Å². The van der Waals surface area contributed by atoms with Gasteiger partial charge in [0.05, 0.1) is 12.6 Å². The van der Waals surface area contributed by atoms with Crippen LogP contribution in [0.4, 0.5) is 0 Å². The molecule has 0 aliphatic heterocycles. The number of halogens is 1. The summed E-state index contributed by atoms with van der Waals surface area (Å²) in [5, 5.41) is 0.148. The maximum absolute atomic E-state index is 12.7. The highest BCUT2D eigenvalue weighted by Crippen LogP contribution is 2.37. The minimum Gasteiger partial charge on any atom is -0.598 e. The van der Waals surface area contributed by atoms with E-state index in [-0.39, 0.29) is 15.8 Å². The largest absolute Gasteiger partial charge is 0.598 e. The summed E-state index contributed by atoms with van der Waals surface area (Å²) in [4.78, 5) is 0. The van der Waals surface area contributed by atoms with E-state index < -0.39 is 19.7 Å². The highest BCUT2D eigenvalue weighted by atomic mass is 79.9. The first kappa shape index (κ1) is 23.2. The van der Waals surface area contributed by atoms with Crippen LogP contribution in [0.3, 0.4) is 0 Å². The number of benzene rings is 1. The monoisotopic (exact) mass is 447 g/mol. The average molecular weight is 449 g/mol. The second kappa shape index (κ2) is 8.44. The first-order valence-electron chi connectivity index (χ1n) is 8.73. The number of hydrogen-bond acceptors (Lipinski definition) is 3. The molecule has 0 aliphatic carbocycles. The minimum absolute atomic E-state index is 0.0951. The lowest BCUT2D eigenvalue weighted by atomic mass is 10.0. The molecule has 0 saturated heterocycles. The van der Waals surface area contributed by atoms with Crippen molar-refractivity contribution in [3.8, 4) is 0 Å². The predicted octanol–water partition coefficient (Wildman–Crippen LogP) is 5.87. The summed E-state index contributed by atoms with van der Waals surface area (Å²) in [6.07, 6.45) is 0. The lowest BCUT2D eigenvalue weighted by Gasteiger charge is -2.38. The zero-order valence-corrected chi connectivity index (χ0v) is 20.5. The van der Waals surface area contributed by atoms with Crippen LogP contribution in [0.15, 0.2) is 22.7 Å². The van der Waals surface area contributed by atoms with Crippen LogP contribution in [0.5, 0.6) is 0 Å². The second-order valence-corrected chi connectivity index (χ2v) is 16.8. The van der Waals surface area contributed by atoms with Crippen LogP contribution in [0.2, 0.25) is 18.1 Å². The summed E-state index contributed by atoms with van der Waals surface area (Å²) in [6, 6.07) is 6.12. The van der Waals surface area contributed by atoms with Crippen molar-refractivity contribution < 1.29 is 8.98 Å². The van der Waals surface area contributed by atoms with Crippen molar-refractivity contribution in [2.24, 2.45) is 0 Å². The maximum Gasteiger partial charge on any atom is 0.192 e. The van der Waals surface area contributed by atoms with Crippen LogP contribution in [0, 0.1) is 6.92 Å². The fourth-order valence-electron chi connectivity index (χ4n) is 2.03. The van der Waals surface area contributed by atoms with Crippen LogP contribution >= 0.6 is 15.9 Å². The third-order valence-electron chi connectivity index (χ3n) is 4.83. The van der Waals surface area contributed by atoms with E-state index in [1.54, 1.807) is 0 Å². The Balaban J connectivity index is 3.07. The van der Waals surface area contributed by atoms with Gasteiger partial charge < -0.3 is 8.98 Å². The lowest BCUT2D eigenvalue weighted by molar-refractivity contribution is 0.255. The van der Waals surface area contributed by atoms with Gasteiger partial charge in [-0.05, 0) is 69.1 Å². The molecule has 0 heterocycles. The molecule has 0 fully saturated rings. The number of aryl methyl sites for hydroxylation is 1. The molecule has 0 spiro atoms. The van der Waals surface area contributed by atoms with Crippen LogP contribution in [-0.4, -0.2) is 24.2 Å². The van der Waals surface area contributed by atoms with Crippen molar-refractivity contribution >= 4 is 35.6 Å². The lowest BCUT2D eigenvalue weighted by Crippen LogP contribution is -2.46. The molecule has 0 amide bonds. The number of rotatable bonds is 6. The highest BCUT2D eigenvalue weighted by Gasteiger charge is 2.39. The van der Waals surface area contributed by atoms with E-state index in [2.05, 4.69) is 73.6 Å². The van der Waals surface area contributed by atoms with Gasteiger partial charge in [0.15, 0.2) is 8.32 Å². The quantitative estimate of drug-likeness (QED) is 0.437. The Morgan fingerprint density at radius 1 is 1.20 bits per heavy atom. The second-order valence-electron chi connectivity index (χ2n) is 9.12.